The maximum absolute atomic E-state index is 12.6. The molecule has 4 nitrogen and oxygen atoms in total. The lowest BCUT2D eigenvalue weighted by Gasteiger charge is -2.15. The first kappa shape index (κ1) is 13.6. The van der Waals surface area contributed by atoms with Gasteiger partial charge in [-0.3, -0.25) is 9.59 Å². The van der Waals surface area contributed by atoms with E-state index in [-0.39, 0.29) is 5.78 Å². The van der Waals surface area contributed by atoms with E-state index in [2.05, 4.69) is 0 Å². The number of ketones is 1. The second-order valence-corrected chi connectivity index (χ2v) is 5.04. The van der Waals surface area contributed by atoms with Crippen molar-refractivity contribution >= 4 is 11.8 Å². The van der Waals surface area contributed by atoms with E-state index in [0.29, 0.717) is 24.2 Å². The Kier molecular flexibility index (Phi) is 3.35. The highest BCUT2D eigenvalue weighted by atomic mass is 16.5. The van der Waals surface area contributed by atoms with Crippen LogP contribution in [0.3, 0.4) is 0 Å². The molecule has 0 radical (unpaired) electrons. The summed E-state index contributed by atoms with van der Waals surface area (Å²) in [6, 6.07) is 3.62. The average Bonchev–Trinajstić information content (AvgIpc) is 3.21. The molecule has 0 amide bonds. The molecule has 1 aliphatic rings. The van der Waals surface area contributed by atoms with E-state index in [1.54, 1.807) is 6.07 Å². The Hall–Kier alpha value is -1.84. The summed E-state index contributed by atoms with van der Waals surface area (Å²) < 4.78 is 10.0. The standard InChI is InChI=1S/C15H18O4/c1-9-7-11(12(18-3)8-10(9)2)13(16)15(5-6-15)14(17)19-4/h7-8H,5-6H2,1-4H3. The number of carbonyl (C=O) groups excluding carboxylic acids is 2. The molecule has 0 unspecified atom stereocenters. The third kappa shape index (κ3) is 2.11. The van der Waals surface area contributed by atoms with Gasteiger partial charge in [0.05, 0.1) is 19.8 Å². The number of aryl methyl sites for hydroxylation is 2. The first-order valence-corrected chi connectivity index (χ1v) is 6.24. The number of esters is 1. The molecule has 1 fully saturated rings. The first-order valence-electron chi connectivity index (χ1n) is 6.24. The second kappa shape index (κ2) is 4.68. The summed E-state index contributed by atoms with van der Waals surface area (Å²) in [6.07, 6.45) is 1.10. The smallest absolute Gasteiger partial charge is 0.319 e. The predicted molar refractivity (Wildman–Crippen MR) is 70.5 cm³/mol. The van der Waals surface area contributed by atoms with E-state index in [4.69, 9.17) is 9.47 Å². The van der Waals surface area contributed by atoms with Crippen molar-refractivity contribution in [3.8, 4) is 5.75 Å². The van der Waals surface area contributed by atoms with Gasteiger partial charge in [-0.05, 0) is 49.9 Å². The van der Waals surface area contributed by atoms with Crippen LogP contribution in [0, 0.1) is 19.3 Å². The number of Topliss-reactive ketones (excluding diaryl/α,β-unsaturated/α-hetero) is 1. The van der Waals surface area contributed by atoms with Crippen LogP contribution in [0.25, 0.3) is 0 Å². The summed E-state index contributed by atoms with van der Waals surface area (Å²) in [5.41, 5.74) is 1.54. The van der Waals surface area contributed by atoms with E-state index >= 15 is 0 Å². The molecule has 102 valence electrons. The molecule has 19 heavy (non-hydrogen) atoms. The topological polar surface area (TPSA) is 52.6 Å². The number of rotatable bonds is 4. The van der Waals surface area contributed by atoms with Gasteiger partial charge in [-0.25, -0.2) is 0 Å². The summed E-state index contributed by atoms with van der Waals surface area (Å²) in [5.74, 6) is -0.125. The normalized spacial score (nSPS) is 15.8. The molecule has 0 bridgehead atoms. The highest BCUT2D eigenvalue weighted by Gasteiger charge is 2.58. The Bertz CT molecular complexity index is 541. The first-order chi connectivity index (χ1) is 8.96. The van der Waals surface area contributed by atoms with E-state index in [1.165, 1.54) is 14.2 Å². The third-order valence-corrected chi connectivity index (χ3v) is 3.82. The molecular weight excluding hydrogens is 244 g/mol. The molecule has 1 aliphatic carbocycles. The Morgan fingerprint density at radius 3 is 2.16 bits per heavy atom. The fourth-order valence-electron chi connectivity index (χ4n) is 2.24. The van der Waals surface area contributed by atoms with Gasteiger partial charge in [0.2, 0.25) is 0 Å². The van der Waals surface area contributed by atoms with Crippen LogP contribution in [-0.2, 0) is 9.53 Å². The van der Waals surface area contributed by atoms with Gasteiger partial charge in [0.1, 0.15) is 11.2 Å². The van der Waals surface area contributed by atoms with Gasteiger partial charge in [0, 0.05) is 0 Å². The highest BCUT2D eigenvalue weighted by molar-refractivity contribution is 6.16. The molecule has 0 N–H and O–H groups in total. The number of hydrogen-bond acceptors (Lipinski definition) is 4. The summed E-state index contributed by atoms with van der Waals surface area (Å²) in [7, 11) is 2.84. The van der Waals surface area contributed by atoms with Gasteiger partial charge < -0.3 is 9.47 Å². The van der Waals surface area contributed by atoms with Gasteiger partial charge in [-0.2, -0.15) is 0 Å². The van der Waals surface area contributed by atoms with Gasteiger partial charge in [-0.1, -0.05) is 0 Å². The fourth-order valence-corrected chi connectivity index (χ4v) is 2.24. The Morgan fingerprint density at radius 1 is 1.11 bits per heavy atom. The maximum atomic E-state index is 12.6. The van der Waals surface area contributed by atoms with E-state index in [1.807, 2.05) is 19.9 Å². The third-order valence-electron chi connectivity index (χ3n) is 3.82. The number of hydrogen-bond donors (Lipinski definition) is 0. The highest BCUT2D eigenvalue weighted by Crippen LogP contribution is 2.50. The lowest BCUT2D eigenvalue weighted by Crippen LogP contribution is -2.27. The number of benzene rings is 1. The van der Waals surface area contributed by atoms with Crippen LogP contribution in [0.15, 0.2) is 12.1 Å². The molecule has 1 aromatic rings. The van der Waals surface area contributed by atoms with Crippen molar-refractivity contribution in [1.82, 2.24) is 0 Å². The van der Waals surface area contributed by atoms with Crippen molar-refractivity contribution in [2.24, 2.45) is 5.41 Å². The zero-order chi connectivity index (χ0) is 14.2. The SMILES string of the molecule is COC(=O)C1(C(=O)c2cc(C)c(C)cc2OC)CC1. The Balaban J connectivity index is 2.45. The maximum Gasteiger partial charge on any atom is 0.319 e. The summed E-state index contributed by atoms with van der Waals surface area (Å²) in [4.78, 5) is 24.4. The minimum absolute atomic E-state index is 0.195. The van der Waals surface area contributed by atoms with E-state index in [0.717, 1.165) is 11.1 Å². The average molecular weight is 262 g/mol. The largest absolute Gasteiger partial charge is 0.496 e. The molecule has 0 aromatic heterocycles. The molecule has 0 saturated heterocycles. The van der Waals surface area contributed by atoms with Crippen LogP contribution in [0.5, 0.6) is 5.75 Å². The van der Waals surface area contributed by atoms with E-state index < -0.39 is 11.4 Å². The number of carbonyl (C=O) groups is 2. The molecule has 0 atom stereocenters. The Morgan fingerprint density at radius 2 is 1.68 bits per heavy atom. The molecule has 4 heteroatoms. The van der Waals surface area contributed by atoms with Crippen molar-refractivity contribution in [2.75, 3.05) is 14.2 Å². The fraction of sp³-hybridized carbons (Fsp3) is 0.467. The summed E-state index contributed by atoms with van der Waals surface area (Å²) in [6.45, 7) is 3.89. The monoisotopic (exact) mass is 262 g/mol. The van der Waals surface area contributed by atoms with Crippen LogP contribution in [0.2, 0.25) is 0 Å². The van der Waals surface area contributed by atoms with Crippen LogP contribution in [-0.4, -0.2) is 26.0 Å². The van der Waals surface area contributed by atoms with Gasteiger partial charge >= 0.3 is 5.97 Å². The molecule has 0 spiro atoms. The van der Waals surface area contributed by atoms with E-state index in [9.17, 15) is 9.59 Å². The quantitative estimate of drug-likeness (QED) is 0.475. The molecule has 1 aromatic carbocycles. The van der Waals surface area contributed by atoms with Crippen molar-refractivity contribution in [1.29, 1.82) is 0 Å². The second-order valence-electron chi connectivity index (χ2n) is 5.04. The number of ether oxygens (including phenoxy) is 2. The molecule has 1 saturated carbocycles. The Labute approximate surface area is 112 Å². The minimum atomic E-state index is -0.982. The van der Waals surface area contributed by atoms with Crippen molar-refractivity contribution in [3.63, 3.8) is 0 Å². The van der Waals surface area contributed by atoms with Crippen molar-refractivity contribution in [3.05, 3.63) is 28.8 Å². The zero-order valence-corrected chi connectivity index (χ0v) is 11.7. The van der Waals surface area contributed by atoms with Crippen LogP contribution >= 0.6 is 0 Å². The lowest BCUT2D eigenvalue weighted by atomic mass is 9.92. The zero-order valence-electron chi connectivity index (χ0n) is 11.7. The van der Waals surface area contributed by atoms with Crippen LogP contribution in [0.4, 0.5) is 0 Å². The molecule has 0 heterocycles. The lowest BCUT2D eigenvalue weighted by molar-refractivity contribution is -0.145. The summed E-state index contributed by atoms with van der Waals surface area (Å²) in [5, 5.41) is 0. The van der Waals surface area contributed by atoms with Crippen LogP contribution < -0.4 is 4.74 Å². The van der Waals surface area contributed by atoms with Crippen LogP contribution in [0.1, 0.15) is 34.3 Å². The van der Waals surface area contributed by atoms with Gasteiger partial charge in [0.15, 0.2) is 5.78 Å². The van der Waals surface area contributed by atoms with Gasteiger partial charge in [-0.15, -0.1) is 0 Å². The molecular formula is C15H18O4. The minimum Gasteiger partial charge on any atom is -0.496 e. The predicted octanol–water partition coefficient (Wildman–Crippen LogP) is 2.45. The van der Waals surface area contributed by atoms with Gasteiger partial charge in [0.25, 0.3) is 0 Å². The molecule has 2 rings (SSSR count). The number of methoxy groups -OCH3 is 2. The van der Waals surface area contributed by atoms with Crippen molar-refractivity contribution < 1.29 is 19.1 Å². The van der Waals surface area contributed by atoms with Crippen molar-refractivity contribution in [2.45, 2.75) is 26.7 Å². The molecule has 0 aliphatic heterocycles. The summed E-state index contributed by atoms with van der Waals surface area (Å²) >= 11 is 0.